The topological polar surface area (TPSA) is 20.2 Å². The Morgan fingerprint density at radius 1 is 1.12 bits per heavy atom. The molecule has 3 heteroatoms. The van der Waals surface area contributed by atoms with Gasteiger partial charge in [-0.2, -0.15) is 19.9 Å². The van der Waals surface area contributed by atoms with Gasteiger partial charge < -0.3 is 11.5 Å². The van der Waals surface area contributed by atoms with Crippen molar-refractivity contribution >= 4 is 13.3 Å². The Bertz CT molecular complexity index is 495. The summed E-state index contributed by atoms with van der Waals surface area (Å²) < 4.78 is 0. The molecule has 1 aromatic rings. The van der Waals surface area contributed by atoms with Crippen LogP contribution in [0, 0.1) is 19.4 Å². The van der Waals surface area contributed by atoms with Gasteiger partial charge in [-0.15, -0.1) is 6.42 Å². The second-order valence-electron chi connectivity index (χ2n) is 7.51. The Balaban J connectivity index is 0. The Labute approximate surface area is 166 Å². The second-order valence-corrected chi connectivity index (χ2v) is 12.8. The van der Waals surface area contributed by atoms with Crippen molar-refractivity contribution in [2.75, 3.05) is 0 Å². The van der Waals surface area contributed by atoms with E-state index in [4.69, 9.17) is 0 Å². The van der Waals surface area contributed by atoms with Crippen LogP contribution < -0.4 is 5.19 Å². The first kappa shape index (κ1) is 25.7. The van der Waals surface area contributed by atoms with Gasteiger partial charge in [0.05, 0.1) is 8.07 Å². The molecule has 0 amide bonds. The predicted octanol–water partition coefficient (Wildman–Crippen LogP) is 5.95. The molecule has 1 aliphatic carbocycles. The van der Waals surface area contributed by atoms with Gasteiger partial charge in [0.1, 0.15) is 5.75 Å². The van der Waals surface area contributed by atoms with Crippen LogP contribution in [0.2, 0.25) is 18.1 Å². The van der Waals surface area contributed by atoms with Crippen LogP contribution in [0.4, 0.5) is 0 Å². The van der Waals surface area contributed by atoms with Crippen molar-refractivity contribution in [3.8, 4) is 5.75 Å². The molecule has 1 aromatic carbocycles. The van der Waals surface area contributed by atoms with Crippen molar-refractivity contribution in [2.24, 2.45) is 0 Å². The zero-order chi connectivity index (χ0) is 18.1. The molecule has 0 heterocycles. The third-order valence-corrected chi connectivity index (χ3v) is 9.73. The molecule has 0 saturated carbocycles. The summed E-state index contributed by atoms with van der Waals surface area (Å²) in [7, 11) is -1.50. The van der Waals surface area contributed by atoms with E-state index in [9.17, 15) is 5.11 Å². The molecule has 132 valence electrons. The molecule has 0 radical (unpaired) electrons. The second kappa shape index (κ2) is 11.9. The molecule has 0 atom stereocenters. The maximum absolute atomic E-state index is 9.65. The Morgan fingerprint density at radius 2 is 1.67 bits per heavy atom. The number of benzene rings is 1. The molecular weight excluding hydrogens is 344 g/mol. The number of hydrogen-bond acceptors (Lipinski definition) is 1. The van der Waals surface area contributed by atoms with Crippen LogP contribution in [0.5, 0.6) is 5.75 Å². The fourth-order valence-corrected chi connectivity index (χ4v) is 3.86. The van der Waals surface area contributed by atoms with E-state index in [0.717, 1.165) is 12.0 Å². The average Bonchev–Trinajstić information content (AvgIpc) is 2.96. The van der Waals surface area contributed by atoms with E-state index in [0.29, 0.717) is 10.8 Å². The summed E-state index contributed by atoms with van der Waals surface area (Å²) in [5.74, 6) is 0.398. The first-order valence-corrected chi connectivity index (χ1v) is 11.3. The summed E-state index contributed by atoms with van der Waals surface area (Å²) in [4.78, 5) is 0. The molecule has 0 aliphatic heterocycles. The van der Waals surface area contributed by atoms with Crippen LogP contribution in [0.3, 0.4) is 0 Å². The third-order valence-electron chi connectivity index (χ3n) is 4.24. The SMILES string of the molecule is C[CH-]C.Cc1cc(O)cc([Si](C)(C)C(C)(C)C)c1.[C-]1=CC=CC1.[Ti+2]. The van der Waals surface area contributed by atoms with Crippen LogP contribution in [-0.2, 0) is 21.7 Å². The molecule has 0 bridgehead atoms. The molecule has 1 nitrogen and oxygen atoms in total. The van der Waals surface area contributed by atoms with Gasteiger partial charge in [0, 0.05) is 0 Å². The molecule has 0 fully saturated rings. The summed E-state index contributed by atoms with van der Waals surface area (Å²) in [6.45, 7) is 17.6. The maximum atomic E-state index is 9.65. The van der Waals surface area contributed by atoms with Gasteiger partial charge >= 0.3 is 21.7 Å². The predicted molar refractivity (Wildman–Crippen MR) is 107 cm³/mol. The number of aryl methyl sites for hydroxylation is 1. The van der Waals surface area contributed by atoms with Crippen LogP contribution in [-0.4, -0.2) is 13.2 Å². The van der Waals surface area contributed by atoms with Crippen molar-refractivity contribution in [1.82, 2.24) is 0 Å². The minimum Gasteiger partial charge on any atom is -0.508 e. The normalized spacial score (nSPS) is 12.5. The standard InChI is InChI=1S/C13H22OSi.C5H5.C3H7.Ti/c1-10-7-11(14)9-12(8-10)15(5,6)13(2,3)4;1-2-4-5-3-1;1-3-2;/h7-9,14H,1-6H3;1-3H,4H2;3H,1-2H3;/q;2*-1;+2. The van der Waals surface area contributed by atoms with Gasteiger partial charge in [0.25, 0.3) is 0 Å². The number of allylic oxidation sites excluding steroid dienone is 4. The average molecular weight is 378 g/mol. The summed E-state index contributed by atoms with van der Waals surface area (Å²) >= 11 is 0. The van der Waals surface area contributed by atoms with E-state index >= 15 is 0 Å². The van der Waals surface area contributed by atoms with Crippen molar-refractivity contribution < 1.29 is 26.8 Å². The molecule has 0 unspecified atom stereocenters. The van der Waals surface area contributed by atoms with E-state index in [1.807, 2.05) is 51.5 Å². The van der Waals surface area contributed by atoms with Crippen molar-refractivity contribution in [2.45, 2.75) is 66.1 Å². The molecule has 0 aromatic heterocycles. The zero-order valence-electron chi connectivity index (χ0n) is 16.7. The summed E-state index contributed by atoms with van der Waals surface area (Å²) in [5.41, 5.74) is 1.15. The summed E-state index contributed by atoms with van der Waals surface area (Å²) in [6, 6.07) is 5.97. The number of aromatic hydroxyl groups is 1. The van der Waals surface area contributed by atoms with E-state index in [2.05, 4.69) is 52.1 Å². The van der Waals surface area contributed by atoms with Crippen molar-refractivity contribution in [3.63, 3.8) is 0 Å². The largest absolute Gasteiger partial charge is 2.00 e. The summed E-state index contributed by atoms with van der Waals surface area (Å²) in [6.07, 6.45) is 12.0. The van der Waals surface area contributed by atoms with Crippen molar-refractivity contribution in [1.29, 1.82) is 0 Å². The van der Waals surface area contributed by atoms with Crippen LogP contribution in [0.25, 0.3) is 0 Å². The fraction of sp³-hybridized carbons (Fsp3) is 0.476. The molecular formula is C21H34OSiTi. The van der Waals surface area contributed by atoms with E-state index in [1.165, 1.54) is 5.19 Å². The van der Waals surface area contributed by atoms with Crippen molar-refractivity contribution in [3.05, 3.63) is 54.5 Å². The Morgan fingerprint density at radius 3 is 1.96 bits per heavy atom. The monoisotopic (exact) mass is 378 g/mol. The van der Waals surface area contributed by atoms with Crippen LogP contribution in [0.1, 0.15) is 46.6 Å². The third kappa shape index (κ3) is 9.06. The quantitative estimate of drug-likeness (QED) is 0.473. The van der Waals surface area contributed by atoms with Gasteiger partial charge in [-0.1, -0.05) is 45.1 Å². The van der Waals surface area contributed by atoms with Crippen LogP contribution in [0.15, 0.2) is 36.4 Å². The smallest absolute Gasteiger partial charge is 0.508 e. The van der Waals surface area contributed by atoms with E-state index < -0.39 is 8.07 Å². The van der Waals surface area contributed by atoms with Gasteiger partial charge in [-0.3, -0.25) is 6.08 Å². The number of hydrogen-bond donors (Lipinski definition) is 1. The first-order chi connectivity index (χ1) is 10.6. The fourth-order valence-electron chi connectivity index (χ4n) is 1.90. The molecule has 24 heavy (non-hydrogen) atoms. The van der Waals surface area contributed by atoms with Gasteiger partial charge in [-0.25, -0.2) is 12.2 Å². The van der Waals surface area contributed by atoms with E-state index in [-0.39, 0.29) is 21.7 Å². The van der Waals surface area contributed by atoms with Crippen LogP contribution >= 0.6 is 0 Å². The van der Waals surface area contributed by atoms with E-state index in [1.54, 1.807) is 0 Å². The molecule has 0 saturated heterocycles. The number of phenols is 1. The Kier molecular flexibility index (Phi) is 12.7. The zero-order valence-corrected chi connectivity index (χ0v) is 19.3. The number of phenolic OH excluding ortho intramolecular Hbond substituents is 1. The molecule has 1 N–H and O–H groups in total. The minimum absolute atomic E-state index is 0. The molecule has 0 spiro atoms. The van der Waals surface area contributed by atoms with Gasteiger partial charge in [0.15, 0.2) is 0 Å². The Hall–Kier alpha value is -0.569. The minimum atomic E-state index is -1.50. The van der Waals surface area contributed by atoms with Gasteiger partial charge in [-0.05, 0) is 29.7 Å². The molecule has 2 rings (SSSR count). The molecule has 1 aliphatic rings. The first-order valence-electron chi connectivity index (χ1n) is 8.33. The maximum Gasteiger partial charge on any atom is 2.00 e. The summed E-state index contributed by atoms with van der Waals surface area (Å²) in [5, 5.41) is 11.3. The number of rotatable bonds is 1. The van der Waals surface area contributed by atoms with Gasteiger partial charge in [0.2, 0.25) is 0 Å².